The molecule has 0 bridgehead atoms. The minimum Gasteiger partial charge on any atom is -0.507 e. The maximum absolute atomic E-state index is 11.1. The predicted octanol–water partition coefficient (Wildman–Crippen LogP) is 3.29. The molecule has 0 fully saturated rings. The van der Waals surface area contributed by atoms with Crippen LogP contribution in [0.25, 0.3) is 12.2 Å². The van der Waals surface area contributed by atoms with Gasteiger partial charge in [0.15, 0.2) is 0 Å². The fraction of sp³-hybridized carbons (Fsp3) is 0. The van der Waals surface area contributed by atoms with E-state index in [1.807, 2.05) is 0 Å². The molecule has 0 radical (unpaired) electrons. The summed E-state index contributed by atoms with van der Waals surface area (Å²) in [6.45, 7) is 0. The van der Waals surface area contributed by atoms with Crippen LogP contribution in [0.5, 0.6) is 5.75 Å². The zero-order chi connectivity index (χ0) is 17.9. The second-order valence-electron chi connectivity index (χ2n) is 4.56. The van der Waals surface area contributed by atoms with E-state index in [0.29, 0.717) is 12.1 Å². The van der Waals surface area contributed by atoms with Gasteiger partial charge in [0.25, 0.3) is 17.1 Å². The molecular formula is C14H9N3O7. The van der Waals surface area contributed by atoms with E-state index in [4.69, 9.17) is 0 Å². The average molecular weight is 331 g/mol. The Morgan fingerprint density at radius 3 is 1.83 bits per heavy atom. The highest BCUT2D eigenvalue weighted by molar-refractivity contribution is 5.82. The minimum atomic E-state index is -0.948. The topological polar surface area (TPSA) is 150 Å². The maximum Gasteiger partial charge on any atom is 0.290 e. The van der Waals surface area contributed by atoms with Gasteiger partial charge < -0.3 is 5.11 Å². The third kappa shape index (κ3) is 3.32. The average Bonchev–Trinajstić information content (AvgIpc) is 2.53. The number of aromatic hydroxyl groups is 1. The first-order valence-electron chi connectivity index (χ1n) is 6.38. The van der Waals surface area contributed by atoms with E-state index < -0.39 is 37.4 Å². The number of benzene rings is 2. The summed E-state index contributed by atoms with van der Waals surface area (Å²) >= 11 is 0. The van der Waals surface area contributed by atoms with Gasteiger partial charge in [-0.1, -0.05) is 24.3 Å². The fourth-order valence-corrected chi connectivity index (χ4v) is 1.99. The Morgan fingerprint density at radius 1 is 0.833 bits per heavy atom. The van der Waals surface area contributed by atoms with Crippen LogP contribution in [0, 0.1) is 30.3 Å². The number of rotatable bonds is 5. The van der Waals surface area contributed by atoms with Crippen LogP contribution in [0.15, 0.2) is 36.4 Å². The first kappa shape index (κ1) is 16.5. The molecule has 0 aromatic heterocycles. The molecule has 2 rings (SSSR count). The molecule has 0 heterocycles. The fourth-order valence-electron chi connectivity index (χ4n) is 1.99. The first-order valence-corrected chi connectivity index (χ1v) is 6.38. The normalized spacial score (nSPS) is 10.7. The second-order valence-corrected chi connectivity index (χ2v) is 4.56. The molecule has 0 saturated carbocycles. The van der Waals surface area contributed by atoms with Crippen LogP contribution in [0.2, 0.25) is 0 Å². The number of nitro benzene ring substituents is 3. The SMILES string of the molecule is O=[N+]([O-])c1cc([N+](=O)[O-])c(/C=C/c2ccccc2O)c([N+](=O)[O-])c1. The van der Waals surface area contributed by atoms with E-state index in [0.717, 1.165) is 6.08 Å². The first-order chi connectivity index (χ1) is 11.3. The van der Waals surface area contributed by atoms with Gasteiger partial charge in [-0.2, -0.15) is 0 Å². The second kappa shape index (κ2) is 6.52. The van der Waals surface area contributed by atoms with Gasteiger partial charge in [-0.05, 0) is 12.1 Å². The standard InChI is InChI=1S/C14H9N3O7/c18-14-4-2-1-3-9(14)5-6-11-12(16(21)22)7-10(15(19)20)8-13(11)17(23)24/h1-8,18H/b6-5+. The smallest absolute Gasteiger partial charge is 0.290 e. The zero-order valence-electron chi connectivity index (χ0n) is 11.9. The van der Waals surface area contributed by atoms with Crippen LogP contribution in [0.4, 0.5) is 17.1 Å². The van der Waals surface area contributed by atoms with Gasteiger partial charge in [-0.25, -0.2) is 0 Å². The largest absolute Gasteiger partial charge is 0.507 e. The Balaban J connectivity index is 2.67. The Kier molecular flexibility index (Phi) is 4.50. The summed E-state index contributed by atoms with van der Waals surface area (Å²) in [6, 6.07) is 7.32. The van der Waals surface area contributed by atoms with E-state index in [1.165, 1.54) is 18.2 Å². The number of hydrogen-bond donors (Lipinski definition) is 1. The lowest BCUT2D eigenvalue weighted by molar-refractivity contribution is -0.403. The van der Waals surface area contributed by atoms with Gasteiger partial charge in [-0.3, -0.25) is 30.3 Å². The monoisotopic (exact) mass is 331 g/mol. The van der Waals surface area contributed by atoms with Crippen LogP contribution >= 0.6 is 0 Å². The summed E-state index contributed by atoms with van der Waals surface area (Å²) in [5, 5.41) is 42.7. The molecule has 122 valence electrons. The van der Waals surface area contributed by atoms with Gasteiger partial charge in [0, 0.05) is 5.56 Å². The Hall–Kier alpha value is -3.82. The highest BCUT2D eigenvalue weighted by Gasteiger charge is 2.28. The molecular weight excluding hydrogens is 322 g/mol. The number of phenols is 1. The van der Waals surface area contributed by atoms with E-state index in [1.54, 1.807) is 12.1 Å². The lowest BCUT2D eigenvalue weighted by Gasteiger charge is -2.01. The van der Waals surface area contributed by atoms with E-state index in [2.05, 4.69) is 0 Å². The van der Waals surface area contributed by atoms with Crippen LogP contribution in [-0.2, 0) is 0 Å². The molecule has 10 nitrogen and oxygen atoms in total. The van der Waals surface area contributed by atoms with Crippen molar-refractivity contribution in [3.05, 3.63) is 77.9 Å². The maximum atomic E-state index is 11.1. The summed E-state index contributed by atoms with van der Waals surface area (Å²) in [5.41, 5.74) is -2.43. The van der Waals surface area contributed by atoms with Crippen molar-refractivity contribution < 1.29 is 19.9 Å². The van der Waals surface area contributed by atoms with Gasteiger partial charge in [0.2, 0.25) is 0 Å². The molecule has 0 amide bonds. The van der Waals surface area contributed by atoms with Gasteiger partial charge in [0.1, 0.15) is 11.3 Å². The Bertz CT molecular complexity index is 841. The summed E-state index contributed by atoms with van der Waals surface area (Å²) in [7, 11) is 0. The molecule has 0 aliphatic rings. The summed E-state index contributed by atoms with van der Waals surface area (Å²) in [6.07, 6.45) is 2.31. The molecule has 0 saturated heterocycles. The Labute approximate surface area is 133 Å². The summed E-state index contributed by atoms with van der Waals surface area (Å²) < 4.78 is 0. The number of para-hydroxylation sites is 1. The van der Waals surface area contributed by atoms with Crippen molar-refractivity contribution in [2.45, 2.75) is 0 Å². The highest BCUT2D eigenvalue weighted by Crippen LogP contribution is 2.35. The number of nitrogens with zero attached hydrogens (tertiary/aromatic N) is 3. The lowest BCUT2D eigenvalue weighted by Crippen LogP contribution is -2.00. The number of phenolic OH excluding ortho intramolecular Hbond substituents is 1. The molecule has 0 aliphatic carbocycles. The summed E-state index contributed by atoms with van der Waals surface area (Å²) in [5.74, 6) is -0.124. The van der Waals surface area contributed by atoms with Crippen molar-refractivity contribution in [1.29, 1.82) is 0 Å². The lowest BCUT2D eigenvalue weighted by atomic mass is 10.1. The van der Waals surface area contributed by atoms with Crippen molar-refractivity contribution in [3.63, 3.8) is 0 Å². The van der Waals surface area contributed by atoms with E-state index in [-0.39, 0.29) is 11.3 Å². The quantitative estimate of drug-likeness (QED) is 0.501. The number of nitro groups is 3. The molecule has 2 aromatic carbocycles. The molecule has 10 heteroatoms. The molecule has 0 spiro atoms. The van der Waals surface area contributed by atoms with Crippen LogP contribution in [-0.4, -0.2) is 19.9 Å². The van der Waals surface area contributed by atoms with E-state index >= 15 is 0 Å². The Morgan fingerprint density at radius 2 is 1.38 bits per heavy atom. The third-order valence-electron chi connectivity index (χ3n) is 3.09. The molecule has 24 heavy (non-hydrogen) atoms. The van der Waals surface area contributed by atoms with Crippen LogP contribution < -0.4 is 0 Å². The van der Waals surface area contributed by atoms with Crippen molar-refractivity contribution in [2.24, 2.45) is 0 Å². The van der Waals surface area contributed by atoms with Gasteiger partial charge in [-0.15, -0.1) is 0 Å². The molecule has 2 aromatic rings. The minimum absolute atomic E-state index is 0.124. The molecule has 0 unspecified atom stereocenters. The highest BCUT2D eigenvalue weighted by atomic mass is 16.6. The van der Waals surface area contributed by atoms with Crippen LogP contribution in [0.1, 0.15) is 11.1 Å². The van der Waals surface area contributed by atoms with Gasteiger partial charge in [0.05, 0.1) is 26.9 Å². The van der Waals surface area contributed by atoms with Crippen molar-refractivity contribution >= 4 is 29.2 Å². The number of hydrogen-bond acceptors (Lipinski definition) is 7. The van der Waals surface area contributed by atoms with Gasteiger partial charge >= 0.3 is 0 Å². The number of non-ortho nitro benzene ring substituents is 1. The summed E-state index contributed by atoms with van der Waals surface area (Å²) in [4.78, 5) is 30.2. The van der Waals surface area contributed by atoms with Crippen LogP contribution in [0.3, 0.4) is 0 Å². The van der Waals surface area contributed by atoms with Crippen molar-refractivity contribution in [1.82, 2.24) is 0 Å². The third-order valence-corrected chi connectivity index (χ3v) is 3.09. The van der Waals surface area contributed by atoms with Crippen molar-refractivity contribution in [2.75, 3.05) is 0 Å². The predicted molar refractivity (Wildman–Crippen MR) is 83.4 cm³/mol. The van der Waals surface area contributed by atoms with E-state index in [9.17, 15) is 35.4 Å². The molecule has 0 atom stereocenters. The van der Waals surface area contributed by atoms with Crippen molar-refractivity contribution in [3.8, 4) is 5.75 Å². The molecule has 0 aliphatic heterocycles. The molecule has 1 N–H and O–H groups in total. The zero-order valence-corrected chi connectivity index (χ0v) is 11.9.